The molecule has 0 saturated heterocycles. The van der Waals surface area contributed by atoms with E-state index in [9.17, 15) is 4.79 Å². The van der Waals surface area contributed by atoms with Gasteiger partial charge in [0, 0.05) is 12.1 Å². The Kier molecular flexibility index (Phi) is 7.81. The second-order valence-corrected chi connectivity index (χ2v) is 6.86. The van der Waals surface area contributed by atoms with Gasteiger partial charge in [0.15, 0.2) is 5.78 Å². The fourth-order valence-electron chi connectivity index (χ4n) is 3.25. The maximum Gasteiger partial charge on any atom is 0.186 e. The number of allylic oxidation sites excluding steroid dienone is 1. The van der Waals surface area contributed by atoms with E-state index >= 15 is 0 Å². The number of benzene rings is 2. The molecule has 3 nitrogen and oxygen atoms in total. The van der Waals surface area contributed by atoms with E-state index in [0.717, 1.165) is 53.2 Å². The molecule has 0 unspecified atom stereocenters. The van der Waals surface area contributed by atoms with Crippen LogP contribution in [0.25, 0.3) is 6.08 Å². The van der Waals surface area contributed by atoms with Gasteiger partial charge in [0.05, 0.1) is 0 Å². The first-order chi connectivity index (χ1) is 13.0. The molecule has 3 heteroatoms. The number of rotatable bonds is 9. The van der Waals surface area contributed by atoms with Crippen molar-refractivity contribution in [3.05, 3.63) is 70.3 Å². The Bertz CT molecular complexity index is 781. The van der Waals surface area contributed by atoms with Crippen LogP contribution in [0.4, 0.5) is 0 Å². The molecule has 0 bridgehead atoms. The molecule has 0 aliphatic heterocycles. The Balaban J connectivity index is 2.09. The number of ketones is 1. The third-order valence-corrected chi connectivity index (χ3v) is 4.93. The van der Waals surface area contributed by atoms with E-state index in [-0.39, 0.29) is 5.78 Å². The molecule has 27 heavy (non-hydrogen) atoms. The van der Waals surface area contributed by atoms with Crippen molar-refractivity contribution in [1.82, 2.24) is 4.90 Å². The minimum Gasteiger partial charge on any atom is -0.492 e. The maximum absolute atomic E-state index is 12.7. The standard InChI is InChI=1S/C24H31NO2/c1-6-25(7-2)14-15-27-22-16-19(4)24(20(5)17-22)23(26)13-12-21-11-9-8-10-18(21)3/h8-13,16-17H,6-7,14-15H2,1-5H3. The van der Waals surface area contributed by atoms with Crippen molar-refractivity contribution >= 4 is 11.9 Å². The largest absolute Gasteiger partial charge is 0.492 e. The predicted molar refractivity (Wildman–Crippen MR) is 114 cm³/mol. The molecule has 0 amide bonds. The maximum atomic E-state index is 12.7. The Morgan fingerprint density at radius 3 is 2.22 bits per heavy atom. The number of aryl methyl sites for hydroxylation is 3. The van der Waals surface area contributed by atoms with Crippen molar-refractivity contribution < 1.29 is 9.53 Å². The first kappa shape index (κ1) is 20.9. The van der Waals surface area contributed by atoms with Crippen LogP contribution in [-0.4, -0.2) is 36.9 Å². The molecular formula is C24H31NO2. The summed E-state index contributed by atoms with van der Waals surface area (Å²) in [6.07, 6.45) is 3.56. The Morgan fingerprint density at radius 2 is 1.63 bits per heavy atom. The van der Waals surface area contributed by atoms with Gasteiger partial charge >= 0.3 is 0 Å². The Morgan fingerprint density at radius 1 is 1.00 bits per heavy atom. The molecule has 0 N–H and O–H groups in total. The second kappa shape index (κ2) is 10.1. The smallest absolute Gasteiger partial charge is 0.186 e. The lowest BCUT2D eigenvalue weighted by Gasteiger charge is -2.18. The molecule has 2 aromatic rings. The van der Waals surface area contributed by atoms with Crippen LogP contribution in [-0.2, 0) is 0 Å². The van der Waals surface area contributed by atoms with Gasteiger partial charge in [-0.3, -0.25) is 4.79 Å². The molecule has 0 heterocycles. The molecule has 144 valence electrons. The fraction of sp³-hybridized carbons (Fsp3) is 0.375. The molecule has 0 saturated carbocycles. The van der Waals surface area contributed by atoms with Gasteiger partial charge in [-0.05, 0) is 74.3 Å². The zero-order valence-electron chi connectivity index (χ0n) is 17.2. The van der Waals surface area contributed by atoms with Crippen molar-refractivity contribution in [2.24, 2.45) is 0 Å². The van der Waals surface area contributed by atoms with Crippen LogP contribution >= 0.6 is 0 Å². The van der Waals surface area contributed by atoms with E-state index in [1.165, 1.54) is 0 Å². The van der Waals surface area contributed by atoms with Gasteiger partial charge in [-0.15, -0.1) is 0 Å². The van der Waals surface area contributed by atoms with E-state index in [1.54, 1.807) is 6.08 Å². The number of ether oxygens (including phenoxy) is 1. The van der Waals surface area contributed by atoms with E-state index < -0.39 is 0 Å². The molecule has 2 rings (SSSR count). The molecule has 0 spiro atoms. The average molecular weight is 366 g/mol. The zero-order chi connectivity index (χ0) is 19.8. The zero-order valence-corrected chi connectivity index (χ0v) is 17.2. The highest BCUT2D eigenvalue weighted by Crippen LogP contribution is 2.23. The van der Waals surface area contributed by atoms with Crippen molar-refractivity contribution in [3.8, 4) is 5.75 Å². The third-order valence-electron chi connectivity index (χ3n) is 4.93. The quantitative estimate of drug-likeness (QED) is 0.450. The lowest BCUT2D eigenvalue weighted by atomic mass is 9.97. The van der Waals surface area contributed by atoms with Gasteiger partial charge < -0.3 is 9.64 Å². The molecule has 0 aliphatic rings. The van der Waals surface area contributed by atoms with Gasteiger partial charge in [-0.25, -0.2) is 0 Å². The van der Waals surface area contributed by atoms with Crippen molar-refractivity contribution in [3.63, 3.8) is 0 Å². The molecule has 0 fully saturated rings. The van der Waals surface area contributed by atoms with Crippen molar-refractivity contribution in [2.45, 2.75) is 34.6 Å². The summed E-state index contributed by atoms with van der Waals surface area (Å²) < 4.78 is 5.91. The first-order valence-corrected chi connectivity index (χ1v) is 9.70. The summed E-state index contributed by atoms with van der Waals surface area (Å²) in [4.78, 5) is 15.1. The Hall–Kier alpha value is -2.39. The minimum absolute atomic E-state index is 0.0305. The van der Waals surface area contributed by atoms with E-state index in [4.69, 9.17) is 4.74 Å². The number of nitrogens with zero attached hydrogens (tertiary/aromatic N) is 1. The molecule has 0 radical (unpaired) electrons. The normalized spacial score (nSPS) is 11.3. The lowest BCUT2D eigenvalue weighted by molar-refractivity contribution is 0.104. The summed E-state index contributed by atoms with van der Waals surface area (Å²) in [5, 5.41) is 0. The highest BCUT2D eigenvalue weighted by molar-refractivity contribution is 6.08. The Labute approximate surface area is 163 Å². The van der Waals surface area contributed by atoms with Gasteiger partial charge in [0.25, 0.3) is 0 Å². The van der Waals surface area contributed by atoms with Gasteiger partial charge in [0.1, 0.15) is 12.4 Å². The van der Waals surface area contributed by atoms with E-state index in [1.807, 2.05) is 63.2 Å². The van der Waals surface area contributed by atoms with Crippen LogP contribution in [0.1, 0.15) is 46.5 Å². The van der Waals surface area contributed by atoms with Crippen molar-refractivity contribution in [2.75, 3.05) is 26.2 Å². The summed E-state index contributed by atoms with van der Waals surface area (Å²) in [6.45, 7) is 13.9. The highest BCUT2D eigenvalue weighted by Gasteiger charge is 2.12. The van der Waals surface area contributed by atoms with Crippen LogP contribution < -0.4 is 4.74 Å². The van der Waals surface area contributed by atoms with Crippen LogP contribution in [0.2, 0.25) is 0 Å². The molecule has 0 atom stereocenters. The van der Waals surface area contributed by atoms with Gasteiger partial charge in [-0.2, -0.15) is 0 Å². The highest BCUT2D eigenvalue weighted by atomic mass is 16.5. The van der Waals surface area contributed by atoms with Crippen LogP contribution in [0.3, 0.4) is 0 Å². The SMILES string of the molecule is CCN(CC)CCOc1cc(C)c(C(=O)C=Cc2ccccc2C)c(C)c1. The van der Waals surface area contributed by atoms with Gasteiger partial charge in [-0.1, -0.05) is 44.2 Å². The average Bonchev–Trinajstić information content (AvgIpc) is 2.64. The van der Waals surface area contributed by atoms with E-state index in [2.05, 4.69) is 18.7 Å². The molecule has 0 aliphatic carbocycles. The summed E-state index contributed by atoms with van der Waals surface area (Å²) in [5.41, 5.74) is 4.89. The van der Waals surface area contributed by atoms with Gasteiger partial charge in [0.2, 0.25) is 0 Å². The number of hydrogen-bond donors (Lipinski definition) is 0. The number of carbonyl (C=O) groups is 1. The van der Waals surface area contributed by atoms with Crippen molar-refractivity contribution in [1.29, 1.82) is 0 Å². The first-order valence-electron chi connectivity index (χ1n) is 9.70. The predicted octanol–water partition coefficient (Wildman–Crippen LogP) is 5.23. The molecular weight excluding hydrogens is 334 g/mol. The summed E-state index contributed by atoms with van der Waals surface area (Å²) >= 11 is 0. The van der Waals surface area contributed by atoms with Crippen LogP contribution in [0.15, 0.2) is 42.5 Å². The fourth-order valence-corrected chi connectivity index (χ4v) is 3.25. The minimum atomic E-state index is 0.0305. The topological polar surface area (TPSA) is 29.5 Å². The lowest BCUT2D eigenvalue weighted by Crippen LogP contribution is -2.27. The summed E-state index contributed by atoms with van der Waals surface area (Å²) in [5.74, 6) is 0.861. The van der Waals surface area contributed by atoms with E-state index in [0.29, 0.717) is 6.61 Å². The number of carbonyl (C=O) groups excluding carboxylic acids is 1. The summed E-state index contributed by atoms with van der Waals surface area (Å²) in [7, 11) is 0. The molecule has 0 aromatic heterocycles. The summed E-state index contributed by atoms with van der Waals surface area (Å²) in [6, 6.07) is 12.0. The van der Waals surface area contributed by atoms with Crippen LogP contribution in [0.5, 0.6) is 5.75 Å². The molecule has 2 aromatic carbocycles. The van der Waals surface area contributed by atoms with Crippen LogP contribution in [0, 0.1) is 20.8 Å². The second-order valence-electron chi connectivity index (χ2n) is 6.86. The third kappa shape index (κ3) is 5.80. The number of hydrogen-bond acceptors (Lipinski definition) is 3. The monoisotopic (exact) mass is 365 g/mol. The number of likely N-dealkylation sites (N-methyl/N-ethyl adjacent to an activating group) is 1.